The van der Waals surface area contributed by atoms with Crippen molar-refractivity contribution in [1.29, 1.82) is 0 Å². The number of aromatic nitrogens is 1. The summed E-state index contributed by atoms with van der Waals surface area (Å²) in [5, 5.41) is 0.510. The normalized spacial score (nSPS) is 21.9. The van der Waals surface area contributed by atoms with Crippen LogP contribution in [-0.4, -0.2) is 40.3 Å². The van der Waals surface area contributed by atoms with Crippen LogP contribution in [0.3, 0.4) is 0 Å². The highest BCUT2D eigenvalue weighted by Crippen LogP contribution is 2.30. The van der Waals surface area contributed by atoms with E-state index in [0.717, 1.165) is 16.4 Å². The lowest BCUT2D eigenvalue weighted by molar-refractivity contribution is -0.00596. The molecule has 0 N–H and O–H groups in total. The second-order valence-electron chi connectivity index (χ2n) is 6.71. The molecule has 0 aliphatic carbocycles. The summed E-state index contributed by atoms with van der Waals surface area (Å²) in [4.78, 5) is 18.3. The van der Waals surface area contributed by atoms with Crippen LogP contribution < -0.4 is 4.74 Å². The van der Waals surface area contributed by atoms with Crippen LogP contribution in [0.2, 0.25) is 5.02 Å². The van der Waals surface area contributed by atoms with Crippen molar-refractivity contribution in [2.75, 3.05) is 6.54 Å². The van der Waals surface area contributed by atoms with Crippen molar-refractivity contribution < 1.29 is 14.3 Å². The Labute approximate surface area is 155 Å². The molecule has 128 valence electrons. The molecule has 0 unspecified atom stereocenters. The van der Waals surface area contributed by atoms with Gasteiger partial charge in [-0.25, -0.2) is 9.78 Å². The van der Waals surface area contributed by atoms with Crippen LogP contribution in [0.1, 0.15) is 40.5 Å². The van der Waals surface area contributed by atoms with E-state index in [1.165, 1.54) is 0 Å². The van der Waals surface area contributed by atoms with Crippen LogP contribution in [0.15, 0.2) is 12.3 Å². The highest BCUT2D eigenvalue weighted by atomic mass is 127. The van der Waals surface area contributed by atoms with E-state index in [1.54, 1.807) is 11.1 Å². The number of hydrogen-bond acceptors (Lipinski definition) is 4. The molecule has 1 fully saturated rings. The molecule has 1 aromatic heterocycles. The highest BCUT2D eigenvalue weighted by molar-refractivity contribution is 14.1. The standard InChI is InChI=1S/C16H22ClIN2O3/c1-10-5-6-11(9-20(10)15(21)23-16(2,3)4)22-14-13(17)12(18)7-8-19-14/h7-8,10-11H,5-6,9H2,1-4H3/t10-,11-/m1/s1. The second-order valence-corrected chi connectivity index (χ2v) is 8.25. The van der Waals surface area contributed by atoms with Crippen LogP contribution in [0, 0.1) is 3.57 Å². The van der Waals surface area contributed by atoms with Gasteiger partial charge in [-0.2, -0.15) is 0 Å². The average molecular weight is 453 g/mol. The molecule has 23 heavy (non-hydrogen) atoms. The maximum absolute atomic E-state index is 12.3. The zero-order valence-corrected chi connectivity index (χ0v) is 16.7. The summed E-state index contributed by atoms with van der Waals surface area (Å²) in [5.74, 6) is 0.419. The fraction of sp³-hybridized carbons (Fsp3) is 0.625. The van der Waals surface area contributed by atoms with E-state index in [0.29, 0.717) is 17.4 Å². The van der Waals surface area contributed by atoms with Crippen LogP contribution in [0.5, 0.6) is 5.88 Å². The molecule has 7 heteroatoms. The third-order valence-corrected chi connectivity index (χ3v) is 5.14. The lowest BCUT2D eigenvalue weighted by Gasteiger charge is -2.38. The molecule has 1 saturated heterocycles. The van der Waals surface area contributed by atoms with Gasteiger partial charge in [0.05, 0.1) is 6.54 Å². The number of carbonyl (C=O) groups is 1. The van der Waals surface area contributed by atoms with Gasteiger partial charge in [-0.1, -0.05) is 11.6 Å². The summed E-state index contributed by atoms with van der Waals surface area (Å²) >= 11 is 8.37. The van der Waals surface area contributed by atoms with Gasteiger partial charge in [0.1, 0.15) is 16.7 Å². The Balaban J connectivity index is 2.05. The largest absolute Gasteiger partial charge is 0.471 e. The van der Waals surface area contributed by atoms with E-state index in [1.807, 2.05) is 33.8 Å². The third-order valence-electron chi connectivity index (χ3n) is 3.56. The van der Waals surface area contributed by atoms with Gasteiger partial charge in [-0.3, -0.25) is 0 Å². The van der Waals surface area contributed by atoms with Crippen LogP contribution >= 0.6 is 34.2 Å². The number of ether oxygens (including phenoxy) is 2. The van der Waals surface area contributed by atoms with Crippen molar-refractivity contribution in [3.8, 4) is 5.88 Å². The molecule has 1 aliphatic heterocycles. The van der Waals surface area contributed by atoms with Gasteiger partial charge in [-0.05, 0) is 69.2 Å². The minimum atomic E-state index is -0.509. The molecule has 2 rings (SSSR count). The van der Waals surface area contributed by atoms with Gasteiger partial charge >= 0.3 is 6.09 Å². The molecule has 5 nitrogen and oxygen atoms in total. The Bertz CT molecular complexity index is 577. The first kappa shape index (κ1) is 18.6. The van der Waals surface area contributed by atoms with Gasteiger partial charge in [0.25, 0.3) is 0 Å². The predicted molar refractivity (Wildman–Crippen MR) is 98.0 cm³/mol. The quantitative estimate of drug-likeness (QED) is 0.620. The van der Waals surface area contributed by atoms with Gasteiger partial charge < -0.3 is 14.4 Å². The number of piperidine rings is 1. The van der Waals surface area contributed by atoms with Crippen LogP contribution in [0.4, 0.5) is 4.79 Å². The molecule has 1 amide bonds. The molecular formula is C16H22ClIN2O3. The monoisotopic (exact) mass is 452 g/mol. The lowest BCUT2D eigenvalue weighted by Crippen LogP contribution is -2.50. The maximum Gasteiger partial charge on any atom is 0.410 e. The van der Waals surface area contributed by atoms with Crippen molar-refractivity contribution in [3.05, 3.63) is 20.9 Å². The van der Waals surface area contributed by atoms with Gasteiger partial charge in [-0.15, -0.1) is 0 Å². The number of hydrogen-bond donors (Lipinski definition) is 0. The van der Waals surface area contributed by atoms with E-state index in [-0.39, 0.29) is 18.2 Å². The van der Waals surface area contributed by atoms with E-state index < -0.39 is 5.60 Å². The molecule has 2 heterocycles. The summed E-state index contributed by atoms with van der Waals surface area (Å²) in [6, 6.07) is 1.95. The van der Waals surface area contributed by atoms with Crippen molar-refractivity contribution in [2.45, 2.75) is 58.3 Å². The number of halogens is 2. The second kappa shape index (κ2) is 7.42. The van der Waals surface area contributed by atoms with Crippen LogP contribution in [0.25, 0.3) is 0 Å². The van der Waals surface area contributed by atoms with Gasteiger partial charge in [0.15, 0.2) is 0 Å². The molecule has 0 saturated carbocycles. The van der Waals surface area contributed by atoms with Crippen LogP contribution in [-0.2, 0) is 4.74 Å². The minimum Gasteiger partial charge on any atom is -0.471 e. The molecule has 0 spiro atoms. The number of amides is 1. The fourth-order valence-electron chi connectivity index (χ4n) is 2.39. The Morgan fingerprint density at radius 2 is 2.13 bits per heavy atom. The Morgan fingerprint density at radius 3 is 2.78 bits per heavy atom. The predicted octanol–water partition coefficient (Wildman–Crippen LogP) is 4.51. The summed E-state index contributed by atoms with van der Waals surface area (Å²) in [6.45, 7) is 8.09. The smallest absolute Gasteiger partial charge is 0.410 e. The minimum absolute atomic E-state index is 0.129. The third kappa shape index (κ3) is 5.11. The zero-order chi connectivity index (χ0) is 17.2. The number of likely N-dealkylation sites (tertiary alicyclic amines) is 1. The number of pyridine rings is 1. The first-order valence-electron chi connectivity index (χ1n) is 7.63. The van der Waals surface area contributed by atoms with E-state index in [9.17, 15) is 4.79 Å². The molecule has 0 bridgehead atoms. The number of rotatable bonds is 2. The summed E-state index contributed by atoms with van der Waals surface area (Å²) in [6.07, 6.45) is 2.93. The molecule has 2 atom stereocenters. The van der Waals surface area contributed by atoms with Gasteiger partial charge in [0.2, 0.25) is 5.88 Å². The lowest BCUT2D eigenvalue weighted by atomic mass is 10.0. The summed E-state index contributed by atoms with van der Waals surface area (Å²) < 4.78 is 12.3. The fourth-order valence-corrected chi connectivity index (χ4v) is 2.94. The van der Waals surface area contributed by atoms with E-state index >= 15 is 0 Å². The number of carbonyl (C=O) groups excluding carboxylic acids is 1. The van der Waals surface area contributed by atoms with Crippen molar-refractivity contribution >= 4 is 40.3 Å². The van der Waals surface area contributed by atoms with E-state index in [4.69, 9.17) is 21.1 Å². The zero-order valence-electron chi connectivity index (χ0n) is 13.8. The Kier molecular flexibility index (Phi) is 5.99. The SMILES string of the molecule is C[C@@H]1CC[C@@H](Oc2nccc(I)c2Cl)CN1C(=O)OC(C)(C)C. The molecule has 0 radical (unpaired) electrons. The van der Waals surface area contributed by atoms with Crippen molar-refractivity contribution in [1.82, 2.24) is 9.88 Å². The summed E-state index contributed by atoms with van der Waals surface area (Å²) in [7, 11) is 0. The van der Waals surface area contributed by atoms with E-state index in [2.05, 4.69) is 27.6 Å². The topological polar surface area (TPSA) is 51.7 Å². The molecular weight excluding hydrogens is 431 g/mol. The van der Waals surface area contributed by atoms with Crippen molar-refractivity contribution in [3.63, 3.8) is 0 Å². The van der Waals surface area contributed by atoms with Crippen molar-refractivity contribution in [2.24, 2.45) is 0 Å². The first-order chi connectivity index (χ1) is 10.7. The molecule has 0 aromatic carbocycles. The molecule has 1 aliphatic rings. The number of nitrogens with zero attached hydrogens (tertiary/aromatic N) is 2. The van der Waals surface area contributed by atoms with Gasteiger partial charge in [0, 0.05) is 15.8 Å². The average Bonchev–Trinajstić information content (AvgIpc) is 2.44. The highest BCUT2D eigenvalue weighted by Gasteiger charge is 2.33. The molecule has 1 aromatic rings. The summed E-state index contributed by atoms with van der Waals surface area (Å²) in [5.41, 5.74) is -0.509. The Hall–Kier alpha value is -0.760. The first-order valence-corrected chi connectivity index (χ1v) is 9.09. The maximum atomic E-state index is 12.3. The Morgan fingerprint density at radius 1 is 1.43 bits per heavy atom.